The number of rotatable bonds is 9. The number of hydrogen-bond donors (Lipinski definition) is 2. The molecule has 1 amide bonds. The molecule has 0 aliphatic rings. The third-order valence-corrected chi connectivity index (χ3v) is 5.10. The normalized spacial score (nSPS) is 12.0. The van der Waals surface area contributed by atoms with Crippen LogP contribution in [0.3, 0.4) is 0 Å². The molecule has 2 N–H and O–H groups in total. The van der Waals surface area contributed by atoms with Crippen molar-refractivity contribution < 1.29 is 14.3 Å². The van der Waals surface area contributed by atoms with Crippen LogP contribution in [0.15, 0.2) is 52.1 Å². The number of H-pyrrole nitrogens is 1. The highest BCUT2D eigenvalue weighted by Crippen LogP contribution is 2.32. The number of aromatic amines is 1. The molecule has 0 aliphatic carbocycles. The van der Waals surface area contributed by atoms with Gasteiger partial charge in [0.1, 0.15) is 6.54 Å². The molecule has 1 unspecified atom stereocenters. The summed E-state index contributed by atoms with van der Waals surface area (Å²) in [4.78, 5) is 40.6. The molecule has 1 atom stereocenters. The molecule has 8 heteroatoms. The van der Waals surface area contributed by atoms with E-state index in [-0.39, 0.29) is 18.5 Å². The number of nitrogens with zero attached hydrogens (tertiary/aromatic N) is 1. The second kappa shape index (κ2) is 10.2. The Bertz CT molecular complexity index is 1210. The van der Waals surface area contributed by atoms with Crippen LogP contribution in [0, 0.1) is 5.92 Å². The summed E-state index contributed by atoms with van der Waals surface area (Å²) in [5.41, 5.74) is 0.169. The van der Waals surface area contributed by atoms with Crippen LogP contribution in [0.1, 0.15) is 39.3 Å². The standard InChI is InChI=1S/C24H29N3O5/c1-5-31-19-12-11-16(13-20(19)32-6-2)22(15(3)4)26-21(28)14-27-23(29)17-9-7-8-10-18(17)25-24(27)30/h7-13,15,22H,5-6,14H2,1-4H3,(H,25,30)(H,26,28). The van der Waals surface area contributed by atoms with E-state index in [9.17, 15) is 14.4 Å². The molecule has 0 bridgehead atoms. The van der Waals surface area contributed by atoms with Gasteiger partial charge in [0.15, 0.2) is 11.5 Å². The highest BCUT2D eigenvalue weighted by Gasteiger charge is 2.21. The van der Waals surface area contributed by atoms with Gasteiger partial charge in [-0.2, -0.15) is 0 Å². The van der Waals surface area contributed by atoms with E-state index in [2.05, 4.69) is 10.3 Å². The molecule has 0 saturated carbocycles. The molecular formula is C24H29N3O5. The van der Waals surface area contributed by atoms with Crippen molar-refractivity contribution in [2.75, 3.05) is 13.2 Å². The highest BCUT2D eigenvalue weighted by atomic mass is 16.5. The lowest BCUT2D eigenvalue weighted by Crippen LogP contribution is -2.42. The Morgan fingerprint density at radius 3 is 2.41 bits per heavy atom. The van der Waals surface area contributed by atoms with Gasteiger partial charge in [0.05, 0.1) is 30.2 Å². The number of ether oxygens (including phenoxy) is 2. The van der Waals surface area contributed by atoms with Crippen molar-refractivity contribution in [2.24, 2.45) is 5.92 Å². The summed E-state index contributed by atoms with van der Waals surface area (Å²) in [6, 6.07) is 11.9. The van der Waals surface area contributed by atoms with Gasteiger partial charge < -0.3 is 19.8 Å². The van der Waals surface area contributed by atoms with Crippen LogP contribution in [0.4, 0.5) is 0 Å². The number of benzene rings is 2. The zero-order valence-corrected chi connectivity index (χ0v) is 18.8. The molecule has 3 rings (SSSR count). The Morgan fingerprint density at radius 1 is 1.03 bits per heavy atom. The lowest BCUT2D eigenvalue weighted by Gasteiger charge is -2.24. The third kappa shape index (κ3) is 5.01. The molecule has 32 heavy (non-hydrogen) atoms. The maximum Gasteiger partial charge on any atom is 0.329 e. The number of hydrogen-bond acceptors (Lipinski definition) is 5. The third-order valence-electron chi connectivity index (χ3n) is 5.10. The molecule has 0 radical (unpaired) electrons. The van der Waals surface area contributed by atoms with Crippen molar-refractivity contribution in [1.82, 2.24) is 14.9 Å². The van der Waals surface area contributed by atoms with Crippen LogP contribution in [-0.4, -0.2) is 28.7 Å². The highest BCUT2D eigenvalue weighted by molar-refractivity contribution is 5.79. The first kappa shape index (κ1) is 23.1. The van der Waals surface area contributed by atoms with E-state index in [1.54, 1.807) is 24.3 Å². The van der Waals surface area contributed by atoms with E-state index in [0.29, 0.717) is 35.6 Å². The zero-order valence-electron chi connectivity index (χ0n) is 18.8. The molecular weight excluding hydrogens is 410 g/mol. The lowest BCUT2D eigenvalue weighted by atomic mass is 9.95. The first-order valence-corrected chi connectivity index (χ1v) is 10.8. The summed E-state index contributed by atoms with van der Waals surface area (Å²) in [6.45, 7) is 8.37. The number of carbonyl (C=O) groups is 1. The Labute approximate surface area is 186 Å². The number of fused-ring (bicyclic) bond motifs is 1. The maximum atomic E-state index is 12.8. The molecule has 8 nitrogen and oxygen atoms in total. The van der Waals surface area contributed by atoms with Gasteiger partial charge in [-0.1, -0.05) is 32.0 Å². The van der Waals surface area contributed by atoms with Gasteiger partial charge in [-0.05, 0) is 49.6 Å². The summed E-state index contributed by atoms with van der Waals surface area (Å²) in [6.07, 6.45) is 0. The van der Waals surface area contributed by atoms with Crippen molar-refractivity contribution in [1.29, 1.82) is 0 Å². The van der Waals surface area contributed by atoms with E-state index in [0.717, 1.165) is 10.1 Å². The molecule has 3 aromatic rings. The number of aromatic nitrogens is 2. The van der Waals surface area contributed by atoms with Crippen molar-refractivity contribution in [2.45, 2.75) is 40.3 Å². The largest absolute Gasteiger partial charge is 0.490 e. The summed E-state index contributed by atoms with van der Waals surface area (Å²) >= 11 is 0. The summed E-state index contributed by atoms with van der Waals surface area (Å²) in [5, 5.41) is 3.31. The topological polar surface area (TPSA) is 102 Å². The molecule has 1 aromatic heterocycles. The van der Waals surface area contributed by atoms with Crippen LogP contribution in [0.25, 0.3) is 10.9 Å². The van der Waals surface area contributed by atoms with Gasteiger partial charge in [-0.3, -0.25) is 14.2 Å². The lowest BCUT2D eigenvalue weighted by molar-refractivity contribution is -0.122. The van der Waals surface area contributed by atoms with Crippen molar-refractivity contribution >= 4 is 16.8 Å². The summed E-state index contributed by atoms with van der Waals surface area (Å²) in [7, 11) is 0. The van der Waals surface area contributed by atoms with E-state index >= 15 is 0 Å². The smallest absolute Gasteiger partial charge is 0.329 e. The Morgan fingerprint density at radius 2 is 1.72 bits per heavy atom. The SMILES string of the molecule is CCOc1ccc(C(NC(=O)Cn2c(=O)[nH]c3ccccc3c2=O)C(C)C)cc1OCC. The fraction of sp³-hybridized carbons (Fsp3) is 0.375. The average Bonchev–Trinajstić information content (AvgIpc) is 2.76. The quantitative estimate of drug-likeness (QED) is 0.534. The van der Waals surface area contributed by atoms with Crippen LogP contribution >= 0.6 is 0 Å². The van der Waals surface area contributed by atoms with Gasteiger partial charge in [0.2, 0.25) is 5.91 Å². The molecule has 0 aliphatic heterocycles. The first-order chi connectivity index (χ1) is 15.3. The second-order valence-corrected chi connectivity index (χ2v) is 7.73. The van der Waals surface area contributed by atoms with Gasteiger partial charge >= 0.3 is 5.69 Å². The zero-order chi connectivity index (χ0) is 23.3. The Hall–Kier alpha value is -3.55. The number of para-hydroxylation sites is 1. The first-order valence-electron chi connectivity index (χ1n) is 10.8. The molecule has 170 valence electrons. The molecule has 1 heterocycles. The minimum absolute atomic E-state index is 0.0537. The average molecular weight is 440 g/mol. The van der Waals surface area contributed by atoms with Crippen LogP contribution < -0.4 is 26.0 Å². The van der Waals surface area contributed by atoms with Gasteiger partial charge in [0.25, 0.3) is 5.56 Å². The molecule has 0 fully saturated rings. The predicted molar refractivity (Wildman–Crippen MR) is 123 cm³/mol. The molecule has 2 aromatic carbocycles. The Kier molecular flexibility index (Phi) is 7.35. The van der Waals surface area contributed by atoms with Crippen LogP contribution in [0.2, 0.25) is 0 Å². The minimum atomic E-state index is -0.621. The summed E-state index contributed by atoms with van der Waals surface area (Å²) < 4.78 is 12.2. The molecule has 0 spiro atoms. The number of nitrogens with one attached hydrogen (secondary N) is 2. The van der Waals surface area contributed by atoms with Crippen molar-refractivity contribution in [3.8, 4) is 11.5 Å². The molecule has 0 saturated heterocycles. The Balaban J connectivity index is 1.87. The van der Waals surface area contributed by atoms with Gasteiger partial charge in [0, 0.05) is 0 Å². The van der Waals surface area contributed by atoms with E-state index in [1.807, 2.05) is 45.9 Å². The van der Waals surface area contributed by atoms with Crippen LogP contribution in [0.5, 0.6) is 11.5 Å². The van der Waals surface area contributed by atoms with E-state index < -0.39 is 17.2 Å². The number of carbonyl (C=O) groups excluding carboxylic acids is 1. The monoisotopic (exact) mass is 439 g/mol. The fourth-order valence-electron chi connectivity index (χ4n) is 3.60. The minimum Gasteiger partial charge on any atom is -0.490 e. The van der Waals surface area contributed by atoms with E-state index in [4.69, 9.17) is 9.47 Å². The second-order valence-electron chi connectivity index (χ2n) is 7.73. The predicted octanol–water partition coefficient (Wildman–Crippen LogP) is 3.00. The fourth-order valence-corrected chi connectivity index (χ4v) is 3.60. The van der Waals surface area contributed by atoms with Gasteiger partial charge in [-0.25, -0.2) is 4.79 Å². The van der Waals surface area contributed by atoms with Crippen molar-refractivity contribution in [3.63, 3.8) is 0 Å². The van der Waals surface area contributed by atoms with Crippen LogP contribution in [-0.2, 0) is 11.3 Å². The number of amides is 1. The van der Waals surface area contributed by atoms with Crippen molar-refractivity contribution in [3.05, 3.63) is 68.9 Å². The maximum absolute atomic E-state index is 12.8. The van der Waals surface area contributed by atoms with E-state index in [1.165, 1.54) is 0 Å². The van der Waals surface area contributed by atoms with Gasteiger partial charge in [-0.15, -0.1) is 0 Å². The summed E-state index contributed by atoms with van der Waals surface area (Å²) in [5.74, 6) is 0.867.